The number of nitrogens with zero attached hydrogens (tertiary/aromatic N) is 3. The second-order valence-corrected chi connectivity index (χ2v) is 7.12. The molecule has 1 amide bonds. The summed E-state index contributed by atoms with van der Waals surface area (Å²) in [4.78, 5) is 25.4. The van der Waals surface area contributed by atoms with Crippen molar-refractivity contribution in [3.8, 4) is 0 Å². The second kappa shape index (κ2) is 7.28. The van der Waals surface area contributed by atoms with Gasteiger partial charge in [0.15, 0.2) is 5.69 Å². The maximum atomic E-state index is 12.7. The van der Waals surface area contributed by atoms with Gasteiger partial charge < -0.3 is 10.0 Å². The molecule has 3 rings (SSSR count). The molecule has 144 valence electrons. The van der Waals surface area contributed by atoms with Crippen molar-refractivity contribution >= 4 is 11.9 Å². The number of hydrogen-bond donors (Lipinski definition) is 1. The SMILES string of the molecule is O=C(O)C1CCC(C(=O)N2CCC(n3ccc(C(F)(F)F)n3)CC2)CC1. The predicted molar refractivity (Wildman–Crippen MR) is 85.2 cm³/mol. The van der Waals surface area contributed by atoms with Crippen LogP contribution in [-0.2, 0) is 15.8 Å². The number of carboxylic acid groups (broad SMARTS) is 1. The Morgan fingerprint density at radius 3 is 2.12 bits per heavy atom. The lowest BCUT2D eigenvalue weighted by atomic mass is 9.81. The fraction of sp³-hybridized carbons (Fsp3) is 0.706. The van der Waals surface area contributed by atoms with E-state index in [0.717, 1.165) is 6.07 Å². The van der Waals surface area contributed by atoms with Crippen molar-refractivity contribution in [1.82, 2.24) is 14.7 Å². The zero-order valence-corrected chi connectivity index (χ0v) is 14.3. The lowest BCUT2D eigenvalue weighted by molar-refractivity contribution is -0.146. The number of piperidine rings is 1. The van der Waals surface area contributed by atoms with Crippen LogP contribution >= 0.6 is 0 Å². The van der Waals surface area contributed by atoms with Crippen LogP contribution in [0.4, 0.5) is 13.2 Å². The molecule has 1 aliphatic heterocycles. The predicted octanol–water partition coefficient (Wildman–Crippen LogP) is 2.96. The van der Waals surface area contributed by atoms with Gasteiger partial charge >= 0.3 is 12.1 Å². The average Bonchev–Trinajstić information content (AvgIpc) is 3.12. The quantitative estimate of drug-likeness (QED) is 0.884. The van der Waals surface area contributed by atoms with Crippen LogP contribution in [0.2, 0.25) is 0 Å². The minimum absolute atomic E-state index is 0.0451. The first kappa shape index (κ1) is 18.7. The van der Waals surface area contributed by atoms with E-state index in [1.807, 2.05) is 0 Å². The highest BCUT2D eigenvalue weighted by Gasteiger charge is 2.36. The molecule has 0 aromatic carbocycles. The molecule has 26 heavy (non-hydrogen) atoms. The Kier molecular flexibility index (Phi) is 5.24. The van der Waals surface area contributed by atoms with Gasteiger partial charge in [0.1, 0.15) is 0 Å². The summed E-state index contributed by atoms with van der Waals surface area (Å²) in [5.41, 5.74) is -0.897. The van der Waals surface area contributed by atoms with Crippen LogP contribution in [0.25, 0.3) is 0 Å². The Bertz CT molecular complexity index is 658. The number of halogens is 3. The highest BCUT2D eigenvalue weighted by atomic mass is 19.4. The summed E-state index contributed by atoms with van der Waals surface area (Å²) in [6, 6.07) is 0.830. The molecule has 6 nitrogen and oxygen atoms in total. The van der Waals surface area contributed by atoms with Crippen molar-refractivity contribution in [2.45, 2.75) is 50.7 Å². The van der Waals surface area contributed by atoms with Crippen molar-refractivity contribution < 1.29 is 27.9 Å². The van der Waals surface area contributed by atoms with E-state index in [1.54, 1.807) is 4.90 Å². The van der Waals surface area contributed by atoms with E-state index in [-0.39, 0.29) is 23.8 Å². The molecule has 0 bridgehead atoms. The Hall–Kier alpha value is -2.06. The monoisotopic (exact) mass is 373 g/mol. The fourth-order valence-corrected chi connectivity index (χ4v) is 3.89. The number of likely N-dealkylation sites (tertiary alicyclic amines) is 1. The maximum absolute atomic E-state index is 12.7. The molecule has 2 aliphatic rings. The van der Waals surface area contributed by atoms with E-state index in [0.29, 0.717) is 51.6 Å². The number of aromatic nitrogens is 2. The molecule has 0 atom stereocenters. The van der Waals surface area contributed by atoms with Crippen molar-refractivity contribution in [2.24, 2.45) is 11.8 Å². The van der Waals surface area contributed by atoms with Crippen LogP contribution in [0, 0.1) is 11.8 Å². The highest BCUT2D eigenvalue weighted by Crippen LogP contribution is 2.33. The van der Waals surface area contributed by atoms with Gasteiger partial charge in [0.2, 0.25) is 5.91 Å². The van der Waals surface area contributed by atoms with Crippen LogP contribution in [0.15, 0.2) is 12.3 Å². The summed E-state index contributed by atoms with van der Waals surface area (Å²) in [5, 5.41) is 12.6. The van der Waals surface area contributed by atoms with Gasteiger partial charge in [-0.3, -0.25) is 14.3 Å². The third kappa shape index (κ3) is 4.02. The molecular formula is C17H22F3N3O3. The molecule has 1 aromatic heterocycles. The van der Waals surface area contributed by atoms with E-state index in [2.05, 4.69) is 5.10 Å². The number of aliphatic carboxylic acids is 1. The lowest BCUT2D eigenvalue weighted by Gasteiger charge is -2.36. The smallest absolute Gasteiger partial charge is 0.435 e. The van der Waals surface area contributed by atoms with Gasteiger partial charge in [0.25, 0.3) is 0 Å². The number of carbonyl (C=O) groups is 2. The first-order valence-corrected chi connectivity index (χ1v) is 8.89. The topological polar surface area (TPSA) is 75.4 Å². The number of carboxylic acids is 1. The normalized spacial score (nSPS) is 25.3. The van der Waals surface area contributed by atoms with Crippen molar-refractivity contribution in [1.29, 1.82) is 0 Å². The molecule has 1 saturated heterocycles. The van der Waals surface area contributed by atoms with Gasteiger partial charge in [0.05, 0.1) is 12.0 Å². The molecule has 1 aromatic rings. The summed E-state index contributed by atoms with van der Waals surface area (Å²) in [6.45, 7) is 0.979. The number of hydrogen-bond acceptors (Lipinski definition) is 3. The van der Waals surface area contributed by atoms with E-state index in [9.17, 15) is 22.8 Å². The average molecular weight is 373 g/mol. The zero-order valence-electron chi connectivity index (χ0n) is 14.3. The summed E-state index contributed by atoms with van der Waals surface area (Å²) >= 11 is 0. The molecule has 0 spiro atoms. The van der Waals surface area contributed by atoms with Gasteiger partial charge in [-0.2, -0.15) is 18.3 Å². The standard InChI is InChI=1S/C17H22F3N3O3/c18-17(19,20)14-7-10-23(21-14)13-5-8-22(9-6-13)15(24)11-1-3-12(4-2-11)16(25)26/h7,10-13H,1-6,8-9H2,(H,25,26). The molecule has 1 aliphatic carbocycles. The maximum Gasteiger partial charge on any atom is 0.435 e. The summed E-state index contributed by atoms with van der Waals surface area (Å²) in [7, 11) is 0. The van der Waals surface area contributed by atoms with E-state index < -0.39 is 17.8 Å². The molecule has 2 heterocycles. The Morgan fingerprint density at radius 1 is 1.04 bits per heavy atom. The highest BCUT2D eigenvalue weighted by molar-refractivity contribution is 5.79. The molecule has 1 N–H and O–H groups in total. The van der Waals surface area contributed by atoms with Gasteiger partial charge in [-0.1, -0.05) is 0 Å². The number of rotatable bonds is 3. The molecule has 1 saturated carbocycles. The van der Waals surface area contributed by atoms with E-state index in [1.165, 1.54) is 10.9 Å². The van der Waals surface area contributed by atoms with Crippen molar-refractivity contribution in [3.05, 3.63) is 18.0 Å². The molecular weight excluding hydrogens is 351 g/mol. The van der Waals surface area contributed by atoms with E-state index in [4.69, 9.17) is 5.11 Å². The van der Waals surface area contributed by atoms with Crippen LogP contribution in [0.3, 0.4) is 0 Å². The van der Waals surface area contributed by atoms with Crippen LogP contribution in [0.5, 0.6) is 0 Å². The molecule has 0 unspecified atom stereocenters. The Labute approximate surface area is 149 Å². The van der Waals surface area contributed by atoms with E-state index >= 15 is 0 Å². The summed E-state index contributed by atoms with van der Waals surface area (Å²) in [5.74, 6) is -1.24. The number of amides is 1. The van der Waals surface area contributed by atoms with Crippen LogP contribution in [-0.4, -0.2) is 44.8 Å². The largest absolute Gasteiger partial charge is 0.481 e. The number of alkyl halides is 3. The Morgan fingerprint density at radius 2 is 1.62 bits per heavy atom. The summed E-state index contributed by atoms with van der Waals surface area (Å²) < 4.78 is 39.3. The second-order valence-electron chi connectivity index (χ2n) is 7.12. The minimum atomic E-state index is -4.45. The lowest BCUT2D eigenvalue weighted by Crippen LogP contribution is -2.43. The molecule has 0 radical (unpaired) electrons. The first-order chi connectivity index (χ1) is 12.3. The zero-order chi connectivity index (χ0) is 18.9. The summed E-state index contributed by atoms with van der Waals surface area (Å²) in [6.07, 6.45) is 0.248. The third-order valence-corrected chi connectivity index (χ3v) is 5.47. The van der Waals surface area contributed by atoms with Crippen molar-refractivity contribution in [3.63, 3.8) is 0 Å². The first-order valence-electron chi connectivity index (χ1n) is 8.89. The van der Waals surface area contributed by atoms with Crippen LogP contribution < -0.4 is 0 Å². The third-order valence-electron chi connectivity index (χ3n) is 5.47. The van der Waals surface area contributed by atoms with Crippen LogP contribution in [0.1, 0.15) is 50.3 Å². The van der Waals surface area contributed by atoms with Crippen molar-refractivity contribution in [2.75, 3.05) is 13.1 Å². The van der Waals surface area contributed by atoms with Gasteiger partial charge in [-0.25, -0.2) is 0 Å². The fourth-order valence-electron chi connectivity index (χ4n) is 3.89. The Balaban J connectivity index is 1.51. The molecule has 2 fully saturated rings. The minimum Gasteiger partial charge on any atom is -0.481 e. The molecule has 9 heteroatoms. The van der Waals surface area contributed by atoms with Gasteiger partial charge in [0, 0.05) is 25.2 Å². The van der Waals surface area contributed by atoms with Gasteiger partial charge in [-0.05, 0) is 44.6 Å². The van der Waals surface area contributed by atoms with Gasteiger partial charge in [-0.15, -0.1) is 0 Å². The number of carbonyl (C=O) groups excluding carboxylic acids is 1.